The first kappa shape index (κ1) is 24.5. The Balaban J connectivity index is 1.10. The van der Waals surface area contributed by atoms with E-state index in [1.165, 1.54) is 30.2 Å². The summed E-state index contributed by atoms with van der Waals surface area (Å²) in [5.74, 6) is 0.397. The average molecular weight is 484 g/mol. The molecular weight excluding hydrogens is 446 g/mol. The van der Waals surface area contributed by atoms with E-state index in [1.54, 1.807) is 0 Å². The Labute approximate surface area is 214 Å². The lowest BCUT2D eigenvalue weighted by molar-refractivity contribution is -0.127. The Bertz CT molecular complexity index is 1190. The van der Waals surface area contributed by atoms with Crippen molar-refractivity contribution in [3.05, 3.63) is 77.9 Å². The van der Waals surface area contributed by atoms with Crippen LogP contribution in [0.15, 0.2) is 66.7 Å². The zero-order chi connectivity index (χ0) is 24.7. The van der Waals surface area contributed by atoms with E-state index in [1.807, 2.05) is 30.3 Å². The number of carbonyl (C=O) groups is 2. The predicted octanol–water partition coefficient (Wildman–Crippen LogP) is 5.68. The summed E-state index contributed by atoms with van der Waals surface area (Å²) >= 11 is 0. The van der Waals surface area contributed by atoms with Crippen molar-refractivity contribution in [3.63, 3.8) is 0 Å². The van der Waals surface area contributed by atoms with Gasteiger partial charge in [0, 0.05) is 24.2 Å². The predicted molar refractivity (Wildman–Crippen MR) is 146 cm³/mol. The minimum Gasteiger partial charge on any atom is -0.353 e. The van der Waals surface area contributed by atoms with Crippen LogP contribution in [0.2, 0.25) is 0 Å². The summed E-state index contributed by atoms with van der Waals surface area (Å²) in [6.45, 7) is 2.70. The summed E-state index contributed by atoms with van der Waals surface area (Å²) in [5.41, 5.74) is 3.03. The monoisotopic (exact) mass is 483 g/mol. The van der Waals surface area contributed by atoms with Crippen molar-refractivity contribution >= 4 is 28.3 Å². The van der Waals surface area contributed by atoms with Gasteiger partial charge in [-0.05, 0) is 72.8 Å². The zero-order valence-electron chi connectivity index (χ0n) is 21.0. The highest BCUT2D eigenvalue weighted by atomic mass is 16.2. The molecule has 2 N–H and O–H groups in total. The van der Waals surface area contributed by atoms with Crippen LogP contribution in [-0.4, -0.2) is 35.8 Å². The fourth-order valence-electron chi connectivity index (χ4n) is 5.66. The molecule has 1 heterocycles. The first-order chi connectivity index (χ1) is 17.6. The van der Waals surface area contributed by atoms with Crippen LogP contribution in [0.5, 0.6) is 0 Å². The van der Waals surface area contributed by atoms with Gasteiger partial charge in [-0.15, -0.1) is 0 Å². The number of nitrogens with zero attached hydrogens (tertiary/aromatic N) is 1. The first-order valence-corrected chi connectivity index (χ1v) is 13.5. The number of anilines is 1. The molecule has 1 aliphatic heterocycles. The first-order valence-electron chi connectivity index (χ1n) is 13.5. The van der Waals surface area contributed by atoms with Gasteiger partial charge < -0.3 is 10.6 Å². The van der Waals surface area contributed by atoms with Crippen LogP contribution in [0.1, 0.15) is 56.1 Å². The Morgan fingerprint density at radius 3 is 2.36 bits per heavy atom. The summed E-state index contributed by atoms with van der Waals surface area (Å²) in [4.78, 5) is 27.8. The zero-order valence-corrected chi connectivity index (χ0v) is 21.0. The van der Waals surface area contributed by atoms with Crippen LogP contribution in [-0.2, 0) is 22.6 Å². The number of fused-ring (bicyclic) bond motifs is 1. The Morgan fingerprint density at radius 2 is 1.56 bits per heavy atom. The molecular formula is C31H37N3O2. The molecule has 5 heteroatoms. The number of hydrogen-bond acceptors (Lipinski definition) is 3. The third-order valence-electron chi connectivity index (χ3n) is 7.71. The maximum atomic E-state index is 12.7. The van der Waals surface area contributed by atoms with Gasteiger partial charge in [0.15, 0.2) is 0 Å². The largest absolute Gasteiger partial charge is 0.353 e. The second kappa shape index (κ2) is 11.7. The number of amides is 2. The standard InChI is InChI=1S/C31H37N3O2/c35-30(21-23-13-14-25-8-4-5-9-27(25)19-23)32-29-12-6-7-24(20-29)22-34-17-15-26(16-18-34)31(36)33-28-10-2-1-3-11-28/h4-9,12-14,19-20,26,28H,1-3,10-11,15-18,21-22H2,(H,32,35)(H,33,36). The smallest absolute Gasteiger partial charge is 0.228 e. The fourth-order valence-corrected chi connectivity index (χ4v) is 5.66. The number of likely N-dealkylation sites (tertiary alicyclic amines) is 1. The summed E-state index contributed by atoms with van der Waals surface area (Å²) in [7, 11) is 0. The van der Waals surface area contributed by atoms with Gasteiger partial charge in [0.05, 0.1) is 6.42 Å². The number of benzene rings is 3. The van der Waals surface area contributed by atoms with E-state index in [2.05, 4.69) is 51.9 Å². The maximum Gasteiger partial charge on any atom is 0.228 e. The van der Waals surface area contributed by atoms with Gasteiger partial charge in [-0.3, -0.25) is 14.5 Å². The van der Waals surface area contributed by atoms with Crippen molar-refractivity contribution in [2.75, 3.05) is 18.4 Å². The average Bonchev–Trinajstić information content (AvgIpc) is 2.90. The highest BCUT2D eigenvalue weighted by molar-refractivity contribution is 5.93. The van der Waals surface area contributed by atoms with Crippen LogP contribution in [0.4, 0.5) is 5.69 Å². The van der Waals surface area contributed by atoms with E-state index < -0.39 is 0 Å². The molecule has 2 aliphatic rings. The van der Waals surface area contributed by atoms with E-state index in [4.69, 9.17) is 0 Å². The summed E-state index contributed by atoms with van der Waals surface area (Å²) in [6.07, 6.45) is 8.26. The highest BCUT2D eigenvalue weighted by Gasteiger charge is 2.27. The van der Waals surface area contributed by atoms with E-state index in [9.17, 15) is 9.59 Å². The molecule has 5 nitrogen and oxygen atoms in total. The SMILES string of the molecule is O=C(Cc1ccc2ccccc2c1)Nc1cccc(CN2CCC(C(=O)NC3CCCCC3)CC2)c1. The highest BCUT2D eigenvalue weighted by Crippen LogP contribution is 2.23. The minimum absolute atomic E-state index is 0.00720. The molecule has 0 aromatic heterocycles. The normalized spacial score (nSPS) is 17.7. The van der Waals surface area contributed by atoms with Gasteiger partial charge in [-0.25, -0.2) is 0 Å². The molecule has 1 saturated carbocycles. The van der Waals surface area contributed by atoms with Crippen molar-refractivity contribution in [2.45, 2.75) is 64.0 Å². The Hall–Kier alpha value is -3.18. The summed E-state index contributed by atoms with van der Waals surface area (Å²) in [6, 6.07) is 22.9. The summed E-state index contributed by atoms with van der Waals surface area (Å²) < 4.78 is 0. The molecule has 0 bridgehead atoms. The molecule has 2 amide bonds. The molecule has 0 radical (unpaired) electrons. The molecule has 0 atom stereocenters. The lowest BCUT2D eigenvalue weighted by Crippen LogP contribution is -2.44. The molecule has 2 fully saturated rings. The van der Waals surface area contributed by atoms with Gasteiger partial charge >= 0.3 is 0 Å². The van der Waals surface area contributed by atoms with Crippen LogP contribution in [0.3, 0.4) is 0 Å². The van der Waals surface area contributed by atoms with Gasteiger partial charge in [0.25, 0.3) is 0 Å². The fraction of sp³-hybridized carbons (Fsp3) is 0.419. The number of nitrogens with one attached hydrogen (secondary N) is 2. The van der Waals surface area contributed by atoms with Crippen LogP contribution >= 0.6 is 0 Å². The van der Waals surface area contributed by atoms with Crippen molar-refractivity contribution in [2.24, 2.45) is 5.92 Å². The van der Waals surface area contributed by atoms with Crippen molar-refractivity contribution in [1.29, 1.82) is 0 Å². The van der Waals surface area contributed by atoms with Crippen LogP contribution in [0, 0.1) is 5.92 Å². The van der Waals surface area contributed by atoms with Crippen LogP contribution in [0.25, 0.3) is 10.8 Å². The minimum atomic E-state index is -0.00720. The molecule has 1 saturated heterocycles. The lowest BCUT2D eigenvalue weighted by Gasteiger charge is -2.32. The van der Waals surface area contributed by atoms with Crippen molar-refractivity contribution < 1.29 is 9.59 Å². The Morgan fingerprint density at radius 1 is 0.778 bits per heavy atom. The molecule has 1 aliphatic carbocycles. The summed E-state index contributed by atoms with van der Waals surface area (Å²) in [5, 5.41) is 8.71. The van der Waals surface area contributed by atoms with E-state index in [0.717, 1.165) is 62.0 Å². The van der Waals surface area contributed by atoms with E-state index in [0.29, 0.717) is 12.5 Å². The topological polar surface area (TPSA) is 61.4 Å². The van der Waals surface area contributed by atoms with E-state index >= 15 is 0 Å². The number of rotatable bonds is 7. The molecule has 3 aromatic carbocycles. The third kappa shape index (κ3) is 6.52. The van der Waals surface area contributed by atoms with Crippen molar-refractivity contribution in [3.8, 4) is 0 Å². The molecule has 3 aromatic rings. The molecule has 0 spiro atoms. The second-order valence-corrected chi connectivity index (χ2v) is 10.5. The molecule has 5 rings (SSSR count). The lowest BCUT2D eigenvalue weighted by atomic mass is 9.92. The van der Waals surface area contributed by atoms with Gasteiger partial charge in [0.2, 0.25) is 11.8 Å². The second-order valence-electron chi connectivity index (χ2n) is 10.5. The maximum absolute atomic E-state index is 12.7. The van der Waals surface area contributed by atoms with Gasteiger partial charge in [-0.1, -0.05) is 73.9 Å². The molecule has 0 unspecified atom stereocenters. The molecule has 36 heavy (non-hydrogen) atoms. The van der Waals surface area contributed by atoms with E-state index in [-0.39, 0.29) is 17.7 Å². The molecule has 188 valence electrons. The third-order valence-corrected chi connectivity index (χ3v) is 7.71. The van der Waals surface area contributed by atoms with Gasteiger partial charge in [0.1, 0.15) is 0 Å². The van der Waals surface area contributed by atoms with Crippen molar-refractivity contribution in [1.82, 2.24) is 10.2 Å². The number of piperidine rings is 1. The quantitative estimate of drug-likeness (QED) is 0.454. The Kier molecular flexibility index (Phi) is 7.97. The van der Waals surface area contributed by atoms with Crippen LogP contribution < -0.4 is 10.6 Å². The number of carbonyl (C=O) groups excluding carboxylic acids is 2. The number of hydrogen-bond donors (Lipinski definition) is 2. The van der Waals surface area contributed by atoms with Gasteiger partial charge in [-0.2, -0.15) is 0 Å².